The quantitative estimate of drug-likeness (QED) is 0.836. The molecule has 1 amide bonds. The smallest absolute Gasteiger partial charge is 0.229 e. The van der Waals surface area contributed by atoms with Gasteiger partial charge in [0.1, 0.15) is 5.01 Å². The molecule has 22 heavy (non-hydrogen) atoms. The second-order valence-electron chi connectivity index (χ2n) is 5.49. The van der Waals surface area contributed by atoms with Crippen LogP contribution in [0.1, 0.15) is 36.5 Å². The normalized spacial score (nSPS) is 17.8. The number of carbonyl (C=O) groups excluding carboxylic acids is 1. The molecule has 2 N–H and O–H groups in total. The summed E-state index contributed by atoms with van der Waals surface area (Å²) in [4.78, 5) is 17.1. The first-order valence-corrected chi connectivity index (χ1v) is 7.88. The Morgan fingerprint density at radius 2 is 2.14 bits per heavy atom. The Labute approximate surface area is 148 Å². The van der Waals surface area contributed by atoms with E-state index in [9.17, 15) is 4.79 Å². The van der Waals surface area contributed by atoms with Crippen molar-refractivity contribution < 1.29 is 9.53 Å². The average molecular weight is 370 g/mol. The number of thiazole rings is 1. The van der Waals surface area contributed by atoms with Crippen LogP contribution >= 0.6 is 36.2 Å². The summed E-state index contributed by atoms with van der Waals surface area (Å²) in [7, 11) is 1.66. The highest BCUT2D eigenvalue weighted by Crippen LogP contribution is 2.30. The Kier molecular flexibility index (Phi) is 9.50. The first-order valence-electron chi connectivity index (χ1n) is 7.00. The van der Waals surface area contributed by atoms with Crippen LogP contribution in [0.4, 0.5) is 0 Å². The van der Waals surface area contributed by atoms with Crippen LogP contribution in [0.2, 0.25) is 0 Å². The van der Waals surface area contributed by atoms with E-state index in [1.807, 2.05) is 19.2 Å². The minimum Gasteiger partial charge on any atom is -0.384 e. The molecule has 0 spiro atoms. The maximum Gasteiger partial charge on any atom is 0.229 e. The number of hydrogen-bond acceptors (Lipinski definition) is 5. The first-order chi connectivity index (χ1) is 9.57. The van der Waals surface area contributed by atoms with Gasteiger partial charge < -0.3 is 15.4 Å². The van der Waals surface area contributed by atoms with E-state index < -0.39 is 5.41 Å². The standard InChI is InChI=1S/C14H23N3O2S.2ClH/c1-10-8-20-12(16-10)11(2)17-13(18)14(9-19-3)4-6-15-7-5-14;;/h8,11,15H,4-7,9H2,1-3H3,(H,17,18);2*1H. The van der Waals surface area contributed by atoms with Crippen molar-refractivity contribution in [2.75, 3.05) is 26.8 Å². The highest BCUT2D eigenvalue weighted by Gasteiger charge is 2.40. The number of hydrogen-bond donors (Lipinski definition) is 2. The predicted molar refractivity (Wildman–Crippen MR) is 94.3 cm³/mol. The lowest BCUT2D eigenvalue weighted by molar-refractivity contribution is -0.136. The van der Waals surface area contributed by atoms with Gasteiger partial charge in [-0.15, -0.1) is 36.2 Å². The molecule has 1 aliphatic rings. The molecule has 1 fully saturated rings. The fourth-order valence-electron chi connectivity index (χ4n) is 2.60. The van der Waals surface area contributed by atoms with Gasteiger partial charge in [-0.25, -0.2) is 4.98 Å². The Morgan fingerprint density at radius 3 is 2.64 bits per heavy atom. The molecule has 2 rings (SSSR count). The number of piperidine rings is 1. The van der Waals surface area contributed by atoms with Crippen LogP contribution in [0.15, 0.2) is 5.38 Å². The number of rotatable bonds is 5. The molecular formula is C14H25Cl2N3O2S. The van der Waals surface area contributed by atoms with Crippen molar-refractivity contribution in [1.82, 2.24) is 15.6 Å². The van der Waals surface area contributed by atoms with E-state index in [4.69, 9.17) is 4.74 Å². The highest BCUT2D eigenvalue weighted by molar-refractivity contribution is 7.09. The zero-order valence-corrected chi connectivity index (χ0v) is 15.6. The Morgan fingerprint density at radius 1 is 1.50 bits per heavy atom. The van der Waals surface area contributed by atoms with Crippen molar-refractivity contribution in [3.8, 4) is 0 Å². The zero-order chi connectivity index (χ0) is 14.6. The Hall–Kier alpha value is -0.400. The fourth-order valence-corrected chi connectivity index (χ4v) is 3.40. The molecule has 1 unspecified atom stereocenters. The summed E-state index contributed by atoms with van der Waals surface area (Å²) in [5.41, 5.74) is 0.597. The molecule has 1 saturated heterocycles. The van der Waals surface area contributed by atoms with Crippen LogP contribution in [-0.2, 0) is 9.53 Å². The molecule has 0 saturated carbocycles. The Bertz CT molecular complexity index is 459. The van der Waals surface area contributed by atoms with Gasteiger partial charge in [0.25, 0.3) is 0 Å². The average Bonchev–Trinajstić information content (AvgIpc) is 2.87. The third kappa shape index (κ3) is 5.06. The largest absolute Gasteiger partial charge is 0.384 e. The number of ether oxygens (including phenoxy) is 1. The van der Waals surface area contributed by atoms with E-state index in [0.29, 0.717) is 6.61 Å². The van der Waals surface area contributed by atoms with Crippen LogP contribution < -0.4 is 10.6 Å². The predicted octanol–water partition coefficient (Wildman–Crippen LogP) is 2.49. The van der Waals surface area contributed by atoms with Crippen molar-refractivity contribution >= 4 is 42.1 Å². The molecule has 0 radical (unpaired) electrons. The summed E-state index contributed by atoms with van der Waals surface area (Å²) in [6.45, 7) is 6.15. The van der Waals surface area contributed by atoms with Crippen molar-refractivity contribution in [2.45, 2.75) is 32.7 Å². The van der Waals surface area contributed by atoms with Gasteiger partial charge in [-0.05, 0) is 39.8 Å². The monoisotopic (exact) mass is 369 g/mol. The zero-order valence-electron chi connectivity index (χ0n) is 13.2. The number of carbonyl (C=O) groups is 1. The molecule has 2 heterocycles. The number of methoxy groups -OCH3 is 1. The van der Waals surface area contributed by atoms with E-state index in [1.165, 1.54) is 0 Å². The molecular weight excluding hydrogens is 345 g/mol. The second kappa shape index (κ2) is 9.67. The number of nitrogens with zero attached hydrogens (tertiary/aromatic N) is 1. The molecule has 1 aromatic heterocycles. The maximum atomic E-state index is 12.7. The van der Waals surface area contributed by atoms with Gasteiger partial charge >= 0.3 is 0 Å². The van der Waals surface area contributed by atoms with Gasteiger partial charge in [0.15, 0.2) is 0 Å². The second-order valence-corrected chi connectivity index (χ2v) is 6.38. The van der Waals surface area contributed by atoms with Crippen LogP contribution in [-0.4, -0.2) is 37.7 Å². The van der Waals surface area contributed by atoms with E-state index >= 15 is 0 Å². The van der Waals surface area contributed by atoms with Crippen molar-refractivity contribution in [3.63, 3.8) is 0 Å². The minimum absolute atomic E-state index is 0. The SMILES string of the molecule is COCC1(C(=O)NC(C)c2nc(C)cs2)CCNCC1.Cl.Cl. The van der Waals surface area contributed by atoms with E-state index in [-0.39, 0.29) is 36.8 Å². The van der Waals surface area contributed by atoms with Gasteiger partial charge in [0, 0.05) is 18.2 Å². The molecule has 5 nitrogen and oxygen atoms in total. The molecule has 1 atom stereocenters. The summed E-state index contributed by atoms with van der Waals surface area (Å²) >= 11 is 1.59. The molecule has 1 aliphatic heterocycles. The maximum absolute atomic E-state index is 12.7. The highest BCUT2D eigenvalue weighted by atomic mass is 35.5. The fraction of sp³-hybridized carbons (Fsp3) is 0.714. The molecule has 1 aromatic rings. The molecule has 0 bridgehead atoms. The van der Waals surface area contributed by atoms with Crippen LogP contribution in [0, 0.1) is 12.3 Å². The topological polar surface area (TPSA) is 63.2 Å². The summed E-state index contributed by atoms with van der Waals surface area (Å²) < 4.78 is 5.30. The Balaban J connectivity index is 0.00000220. The molecule has 0 aromatic carbocycles. The number of amides is 1. The summed E-state index contributed by atoms with van der Waals surface area (Å²) in [6, 6.07) is -0.0511. The third-order valence-electron chi connectivity index (χ3n) is 3.82. The lowest BCUT2D eigenvalue weighted by Gasteiger charge is -2.36. The van der Waals surface area contributed by atoms with Gasteiger partial charge in [-0.1, -0.05) is 0 Å². The van der Waals surface area contributed by atoms with Gasteiger partial charge in [-0.2, -0.15) is 0 Å². The first kappa shape index (κ1) is 21.6. The van der Waals surface area contributed by atoms with Crippen molar-refractivity contribution in [1.29, 1.82) is 0 Å². The van der Waals surface area contributed by atoms with Crippen molar-refractivity contribution in [2.24, 2.45) is 5.41 Å². The number of aromatic nitrogens is 1. The van der Waals surface area contributed by atoms with E-state index in [1.54, 1.807) is 18.4 Å². The lowest BCUT2D eigenvalue weighted by atomic mass is 9.78. The van der Waals surface area contributed by atoms with Crippen molar-refractivity contribution in [3.05, 3.63) is 16.1 Å². The third-order valence-corrected chi connectivity index (χ3v) is 4.96. The summed E-state index contributed by atoms with van der Waals surface area (Å²) in [6.07, 6.45) is 1.63. The number of aryl methyl sites for hydroxylation is 1. The summed E-state index contributed by atoms with van der Waals surface area (Å²) in [5.74, 6) is 0.0844. The molecule has 128 valence electrons. The van der Waals surface area contributed by atoms with Gasteiger partial charge in [0.2, 0.25) is 5.91 Å². The summed E-state index contributed by atoms with van der Waals surface area (Å²) in [5, 5.41) is 9.36. The lowest BCUT2D eigenvalue weighted by Crippen LogP contribution is -2.50. The van der Waals surface area contributed by atoms with Crippen LogP contribution in [0.25, 0.3) is 0 Å². The molecule has 0 aliphatic carbocycles. The molecule has 8 heteroatoms. The van der Waals surface area contributed by atoms with Gasteiger partial charge in [-0.3, -0.25) is 4.79 Å². The minimum atomic E-state index is -0.402. The number of halogens is 2. The van der Waals surface area contributed by atoms with Gasteiger partial charge in [0.05, 0.1) is 18.1 Å². The van der Waals surface area contributed by atoms with E-state index in [2.05, 4.69) is 15.6 Å². The van der Waals surface area contributed by atoms with Crippen LogP contribution in [0.3, 0.4) is 0 Å². The number of nitrogens with one attached hydrogen (secondary N) is 2. The van der Waals surface area contributed by atoms with E-state index in [0.717, 1.165) is 36.6 Å². The van der Waals surface area contributed by atoms with Crippen LogP contribution in [0.5, 0.6) is 0 Å².